The smallest absolute Gasteiger partial charge is 0.243 e. The molecule has 6 nitrogen and oxygen atoms in total. The van der Waals surface area contributed by atoms with Crippen molar-refractivity contribution in [2.45, 2.75) is 17.9 Å². The highest BCUT2D eigenvalue weighted by Crippen LogP contribution is 2.21. The van der Waals surface area contributed by atoms with Crippen LogP contribution < -0.4 is 10.1 Å². The van der Waals surface area contributed by atoms with Crippen molar-refractivity contribution in [2.24, 2.45) is 0 Å². The molecule has 29 heavy (non-hydrogen) atoms. The van der Waals surface area contributed by atoms with E-state index in [-0.39, 0.29) is 23.4 Å². The number of methoxy groups -OCH3 is 1. The molecule has 0 aliphatic rings. The van der Waals surface area contributed by atoms with Crippen LogP contribution >= 0.6 is 0 Å². The summed E-state index contributed by atoms with van der Waals surface area (Å²) in [5, 5.41) is 4.62. The van der Waals surface area contributed by atoms with Gasteiger partial charge in [-0.2, -0.15) is 4.31 Å². The van der Waals surface area contributed by atoms with E-state index in [0.29, 0.717) is 0 Å². The second kappa shape index (κ2) is 8.63. The van der Waals surface area contributed by atoms with Gasteiger partial charge in [-0.05, 0) is 47.5 Å². The van der Waals surface area contributed by atoms with Crippen LogP contribution in [0.3, 0.4) is 0 Å². The molecule has 0 heterocycles. The highest BCUT2D eigenvalue weighted by atomic mass is 32.2. The molecule has 0 saturated heterocycles. The van der Waals surface area contributed by atoms with Gasteiger partial charge < -0.3 is 10.1 Å². The Bertz CT molecular complexity index is 1110. The Morgan fingerprint density at radius 2 is 1.69 bits per heavy atom. The Kier molecular flexibility index (Phi) is 6.20. The van der Waals surface area contributed by atoms with Gasteiger partial charge >= 0.3 is 0 Å². The van der Waals surface area contributed by atoms with Gasteiger partial charge in [-0.25, -0.2) is 8.42 Å². The lowest BCUT2D eigenvalue weighted by Gasteiger charge is -2.20. The van der Waals surface area contributed by atoms with Crippen LogP contribution in [-0.4, -0.2) is 39.3 Å². The SMILES string of the molecule is COc1ccc([C@@H](C)NC(=O)CN(C)S(=O)(=O)c2ccc3ccccc3c2)cc1. The van der Waals surface area contributed by atoms with Gasteiger partial charge in [0.25, 0.3) is 0 Å². The minimum absolute atomic E-state index is 0.162. The molecule has 0 fully saturated rings. The van der Waals surface area contributed by atoms with Gasteiger partial charge in [0.05, 0.1) is 24.6 Å². The highest BCUT2D eigenvalue weighted by molar-refractivity contribution is 7.89. The summed E-state index contributed by atoms with van der Waals surface area (Å²) in [7, 11) is -0.785. The molecule has 1 amide bonds. The average molecular weight is 413 g/mol. The summed E-state index contributed by atoms with van der Waals surface area (Å²) >= 11 is 0. The van der Waals surface area contributed by atoms with E-state index in [1.54, 1.807) is 25.3 Å². The Labute approximate surface area is 171 Å². The maximum Gasteiger partial charge on any atom is 0.243 e. The van der Waals surface area contributed by atoms with Crippen molar-refractivity contribution in [3.8, 4) is 5.75 Å². The molecule has 3 aromatic carbocycles. The number of hydrogen-bond acceptors (Lipinski definition) is 4. The van der Waals surface area contributed by atoms with Crippen molar-refractivity contribution >= 4 is 26.7 Å². The zero-order chi connectivity index (χ0) is 21.0. The molecule has 0 unspecified atom stereocenters. The fraction of sp³-hybridized carbons (Fsp3) is 0.227. The predicted octanol–water partition coefficient (Wildman–Crippen LogP) is 3.35. The molecular weight excluding hydrogens is 388 g/mol. The van der Waals surface area contributed by atoms with Crippen LogP contribution in [0.1, 0.15) is 18.5 Å². The summed E-state index contributed by atoms with van der Waals surface area (Å²) in [5.41, 5.74) is 0.902. The predicted molar refractivity (Wildman–Crippen MR) is 113 cm³/mol. The van der Waals surface area contributed by atoms with E-state index in [0.717, 1.165) is 26.4 Å². The molecule has 0 saturated carbocycles. The molecule has 0 aliphatic heterocycles. The van der Waals surface area contributed by atoms with Crippen LogP contribution in [0.5, 0.6) is 5.75 Å². The lowest BCUT2D eigenvalue weighted by Crippen LogP contribution is -2.39. The molecule has 3 aromatic rings. The first-order valence-corrected chi connectivity index (χ1v) is 10.6. The molecule has 0 aromatic heterocycles. The van der Waals surface area contributed by atoms with Gasteiger partial charge in [0.15, 0.2) is 0 Å². The summed E-state index contributed by atoms with van der Waals surface area (Å²) in [6.07, 6.45) is 0. The van der Waals surface area contributed by atoms with Crippen LogP contribution in [0.2, 0.25) is 0 Å². The number of ether oxygens (including phenoxy) is 1. The minimum atomic E-state index is -3.78. The Morgan fingerprint density at radius 3 is 2.34 bits per heavy atom. The quantitative estimate of drug-likeness (QED) is 0.646. The Balaban J connectivity index is 1.68. The monoisotopic (exact) mass is 412 g/mol. The normalized spacial score (nSPS) is 12.7. The van der Waals surface area contributed by atoms with Gasteiger partial charge in [0, 0.05) is 7.05 Å². The number of benzene rings is 3. The Hall–Kier alpha value is -2.90. The van der Waals surface area contributed by atoms with Crippen molar-refractivity contribution in [1.82, 2.24) is 9.62 Å². The van der Waals surface area contributed by atoms with Gasteiger partial charge in [-0.1, -0.05) is 42.5 Å². The number of carbonyl (C=O) groups is 1. The number of nitrogens with zero attached hydrogens (tertiary/aromatic N) is 1. The largest absolute Gasteiger partial charge is 0.497 e. The minimum Gasteiger partial charge on any atom is -0.497 e. The topological polar surface area (TPSA) is 75.7 Å². The average Bonchev–Trinajstić information content (AvgIpc) is 2.73. The van der Waals surface area contributed by atoms with Gasteiger partial charge in [-0.15, -0.1) is 0 Å². The summed E-state index contributed by atoms with van der Waals surface area (Å²) in [6, 6.07) is 19.6. The summed E-state index contributed by atoms with van der Waals surface area (Å²) in [5.74, 6) is 0.355. The number of nitrogens with one attached hydrogen (secondary N) is 1. The van der Waals surface area contributed by atoms with E-state index in [4.69, 9.17) is 4.74 Å². The number of fused-ring (bicyclic) bond motifs is 1. The lowest BCUT2D eigenvalue weighted by atomic mass is 10.1. The van der Waals surface area contributed by atoms with Gasteiger partial charge in [0.1, 0.15) is 5.75 Å². The highest BCUT2D eigenvalue weighted by Gasteiger charge is 2.24. The Morgan fingerprint density at radius 1 is 1.03 bits per heavy atom. The van der Waals surface area contributed by atoms with Crippen LogP contribution in [-0.2, 0) is 14.8 Å². The van der Waals surface area contributed by atoms with E-state index in [1.165, 1.54) is 7.05 Å². The van der Waals surface area contributed by atoms with Crippen LogP contribution in [0.4, 0.5) is 0 Å². The molecular formula is C22H24N2O4S. The zero-order valence-corrected chi connectivity index (χ0v) is 17.4. The standard InChI is InChI=1S/C22H24N2O4S/c1-16(17-8-11-20(28-3)12-9-17)23-22(25)15-24(2)29(26,27)21-13-10-18-6-4-5-7-19(18)14-21/h4-14,16H,15H2,1-3H3,(H,23,25)/t16-/m1/s1. The third-order valence-electron chi connectivity index (χ3n) is 4.79. The summed E-state index contributed by atoms with van der Waals surface area (Å²) < 4.78 is 31.9. The van der Waals surface area contributed by atoms with E-state index < -0.39 is 10.0 Å². The summed E-state index contributed by atoms with van der Waals surface area (Å²) in [4.78, 5) is 12.6. The summed E-state index contributed by atoms with van der Waals surface area (Å²) in [6.45, 7) is 1.58. The molecule has 0 radical (unpaired) electrons. The fourth-order valence-corrected chi connectivity index (χ4v) is 4.22. The van der Waals surface area contributed by atoms with E-state index >= 15 is 0 Å². The first-order valence-electron chi connectivity index (χ1n) is 9.19. The number of carbonyl (C=O) groups excluding carboxylic acids is 1. The number of sulfonamides is 1. The molecule has 7 heteroatoms. The zero-order valence-electron chi connectivity index (χ0n) is 16.6. The van der Waals surface area contributed by atoms with Gasteiger partial charge in [-0.3, -0.25) is 4.79 Å². The number of likely N-dealkylation sites (N-methyl/N-ethyl adjacent to an activating group) is 1. The second-order valence-electron chi connectivity index (χ2n) is 6.83. The van der Waals surface area contributed by atoms with Crippen molar-refractivity contribution in [3.63, 3.8) is 0 Å². The number of rotatable bonds is 7. The molecule has 1 N–H and O–H groups in total. The fourth-order valence-electron chi connectivity index (χ4n) is 3.06. The maximum atomic E-state index is 12.9. The number of hydrogen-bond donors (Lipinski definition) is 1. The van der Waals surface area contributed by atoms with Crippen molar-refractivity contribution in [1.29, 1.82) is 0 Å². The van der Waals surface area contributed by atoms with Crippen molar-refractivity contribution in [2.75, 3.05) is 20.7 Å². The molecule has 1 atom stereocenters. The molecule has 152 valence electrons. The van der Waals surface area contributed by atoms with E-state index in [9.17, 15) is 13.2 Å². The molecule has 0 bridgehead atoms. The van der Waals surface area contributed by atoms with Crippen molar-refractivity contribution in [3.05, 3.63) is 72.3 Å². The molecule has 3 rings (SSSR count). The van der Waals surface area contributed by atoms with E-state index in [1.807, 2.05) is 55.5 Å². The molecule has 0 spiro atoms. The second-order valence-corrected chi connectivity index (χ2v) is 8.88. The first kappa shape index (κ1) is 20.8. The number of amides is 1. The van der Waals surface area contributed by atoms with Crippen LogP contribution in [0, 0.1) is 0 Å². The van der Waals surface area contributed by atoms with Crippen molar-refractivity contribution < 1.29 is 17.9 Å². The maximum absolute atomic E-state index is 12.9. The third-order valence-corrected chi connectivity index (χ3v) is 6.59. The van der Waals surface area contributed by atoms with Crippen LogP contribution in [0.15, 0.2) is 71.6 Å². The molecule has 0 aliphatic carbocycles. The van der Waals surface area contributed by atoms with E-state index in [2.05, 4.69) is 5.32 Å². The lowest BCUT2D eigenvalue weighted by molar-refractivity contribution is -0.121. The first-order chi connectivity index (χ1) is 13.8. The van der Waals surface area contributed by atoms with Gasteiger partial charge in [0.2, 0.25) is 15.9 Å². The van der Waals surface area contributed by atoms with Crippen LogP contribution in [0.25, 0.3) is 10.8 Å². The third kappa shape index (κ3) is 4.75.